The normalized spacial score (nSPS) is 11.8. The number of fused-ring (bicyclic) bond motifs is 9. The van der Waals surface area contributed by atoms with E-state index in [4.69, 9.17) is 15.0 Å². The molecule has 0 aliphatic carbocycles. The van der Waals surface area contributed by atoms with Crippen LogP contribution in [0.4, 0.5) is 0 Å². The van der Waals surface area contributed by atoms with Crippen LogP contribution in [-0.2, 0) is 0 Å². The molecule has 10 aromatic carbocycles. The number of rotatable bonds is 7. The fourth-order valence-corrected chi connectivity index (χ4v) is 11.8. The van der Waals surface area contributed by atoms with E-state index in [0.29, 0.717) is 17.5 Å². The lowest BCUT2D eigenvalue weighted by Crippen LogP contribution is -2.01. The monoisotopic (exact) mass is 897 g/mol. The number of aromatic nitrogens is 5. The van der Waals surface area contributed by atoms with Gasteiger partial charge in [-0.15, -0.1) is 11.3 Å². The summed E-state index contributed by atoms with van der Waals surface area (Å²) in [6.45, 7) is 0. The van der Waals surface area contributed by atoms with Crippen LogP contribution in [0.15, 0.2) is 237 Å². The number of thiophene rings is 1. The SMILES string of the molecule is c1ccc(-c2nc(-c3ccc(-n4c5ccccc5c5cc(-n6c7ccccc7c7ccccc76)ccc54)cc3)nc(-c3cccc(-c4cccc5c4sc4c(-c6ccccc6)cccc45)c3)n2)cc1. The lowest BCUT2D eigenvalue weighted by atomic mass is 9.99. The number of benzene rings is 10. The minimum atomic E-state index is 0.619. The van der Waals surface area contributed by atoms with Crippen molar-refractivity contribution in [1.29, 1.82) is 0 Å². The van der Waals surface area contributed by atoms with Crippen molar-refractivity contribution in [3.8, 4) is 67.8 Å². The number of hydrogen-bond acceptors (Lipinski definition) is 4. The van der Waals surface area contributed by atoms with Crippen LogP contribution in [0.1, 0.15) is 0 Å². The predicted molar refractivity (Wildman–Crippen MR) is 289 cm³/mol. The van der Waals surface area contributed by atoms with Gasteiger partial charge in [-0.1, -0.05) is 170 Å². The van der Waals surface area contributed by atoms with Crippen molar-refractivity contribution >= 4 is 75.1 Å². The molecule has 0 N–H and O–H groups in total. The molecule has 0 aliphatic heterocycles. The maximum absolute atomic E-state index is 5.22. The third-order valence-corrected chi connectivity index (χ3v) is 14.9. The lowest BCUT2D eigenvalue weighted by molar-refractivity contribution is 1.07. The van der Waals surface area contributed by atoms with Crippen molar-refractivity contribution in [2.45, 2.75) is 0 Å². The van der Waals surface area contributed by atoms with Gasteiger partial charge in [0, 0.05) is 69.8 Å². The molecular formula is C63H39N5S. The highest BCUT2D eigenvalue weighted by molar-refractivity contribution is 7.26. The number of para-hydroxylation sites is 3. The van der Waals surface area contributed by atoms with Crippen LogP contribution in [0, 0.1) is 0 Å². The standard InChI is InChI=1S/C63H39N5S/c1-3-16-40(17-4-1)47-25-14-27-52-53-28-15-26-48(60(53)69-59(47)52)43-20-13-21-44(38-43)63-65-61(41-18-5-2-6-19-41)64-62(66-63)42-32-34-45(35-33-42)67-57-31-12-9-24-51(57)54-39-46(36-37-58(54)67)68-55-29-10-7-22-49(55)50-23-8-11-30-56(50)68/h1-39H. The molecule has 0 amide bonds. The van der Waals surface area contributed by atoms with Crippen molar-refractivity contribution in [3.05, 3.63) is 237 Å². The van der Waals surface area contributed by atoms with E-state index in [9.17, 15) is 0 Å². The van der Waals surface area contributed by atoms with E-state index in [2.05, 4.69) is 228 Å². The minimum Gasteiger partial charge on any atom is -0.309 e. The Labute approximate surface area is 401 Å². The maximum Gasteiger partial charge on any atom is 0.164 e. The van der Waals surface area contributed by atoms with Crippen LogP contribution in [0.2, 0.25) is 0 Å². The van der Waals surface area contributed by atoms with Crippen molar-refractivity contribution in [1.82, 2.24) is 24.1 Å². The van der Waals surface area contributed by atoms with Gasteiger partial charge in [-0.3, -0.25) is 0 Å². The molecule has 14 aromatic rings. The van der Waals surface area contributed by atoms with Crippen LogP contribution >= 0.6 is 11.3 Å². The molecule has 4 heterocycles. The summed E-state index contributed by atoms with van der Waals surface area (Å²) in [5.74, 6) is 1.88. The summed E-state index contributed by atoms with van der Waals surface area (Å²) in [5.41, 5.74) is 14.5. The van der Waals surface area contributed by atoms with Gasteiger partial charge >= 0.3 is 0 Å². The van der Waals surface area contributed by atoms with Gasteiger partial charge in [-0.25, -0.2) is 15.0 Å². The first kappa shape index (κ1) is 39.2. The van der Waals surface area contributed by atoms with Crippen LogP contribution in [0.25, 0.3) is 132 Å². The highest BCUT2D eigenvalue weighted by Gasteiger charge is 2.19. The number of nitrogens with zero attached hydrogens (tertiary/aromatic N) is 5. The first-order chi connectivity index (χ1) is 34.2. The highest BCUT2D eigenvalue weighted by Crippen LogP contribution is 2.44. The third kappa shape index (κ3) is 6.41. The quantitative estimate of drug-likeness (QED) is 0.160. The zero-order valence-corrected chi connectivity index (χ0v) is 38.0. The molecule has 322 valence electrons. The van der Waals surface area contributed by atoms with E-state index in [1.165, 1.54) is 69.4 Å². The average molecular weight is 898 g/mol. The Morgan fingerprint density at radius 1 is 0.261 bits per heavy atom. The van der Waals surface area contributed by atoms with Gasteiger partial charge in [0.25, 0.3) is 0 Å². The number of hydrogen-bond donors (Lipinski definition) is 0. The molecule has 0 atom stereocenters. The molecule has 14 rings (SSSR count). The van der Waals surface area contributed by atoms with Gasteiger partial charge in [0.15, 0.2) is 17.5 Å². The van der Waals surface area contributed by atoms with E-state index in [-0.39, 0.29) is 0 Å². The van der Waals surface area contributed by atoms with Crippen LogP contribution in [0.3, 0.4) is 0 Å². The van der Waals surface area contributed by atoms with Gasteiger partial charge in [-0.05, 0) is 89.0 Å². The Morgan fingerprint density at radius 2 is 0.667 bits per heavy atom. The average Bonchev–Trinajstić information content (AvgIpc) is 4.09. The molecule has 0 radical (unpaired) electrons. The summed E-state index contributed by atoms with van der Waals surface area (Å²) in [6.07, 6.45) is 0. The van der Waals surface area contributed by atoms with E-state index >= 15 is 0 Å². The van der Waals surface area contributed by atoms with Crippen molar-refractivity contribution in [3.63, 3.8) is 0 Å². The highest BCUT2D eigenvalue weighted by atomic mass is 32.1. The molecular weight excluding hydrogens is 859 g/mol. The van der Waals surface area contributed by atoms with E-state index in [1.54, 1.807) is 0 Å². The Morgan fingerprint density at radius 3 is 1.28 bits per heavy atom. The molecule has 0 saturated carbocycles. The zero-order valence-electron chi connectivity index (χ0n) is 37.2. The molecule has 0 spiro atoms. The molecule has 0 bridgehead atoms. The summed E-state index contributed by atoms with van der Waals surface area (Å²) < 4.78 is 7.32. The Kier molecular flexibility index (Phi) is 9.00. The molecule has 69 heavy (non-hydrogen) atoms. The second kappa shape index (κ2) is 15.8. The van der Waals surface area contributed by atoms with Gasteiger partial charge in [0.2, 0.25) is 0 Å². The Hall–Kier alpha value is -8.97. The van der Waals surface area contributed by atoms with Gasteiger partial charge in [0.1, 0.15) is 0 Å². The van der Waals surface area contributed by atoms with Crippen LogP contribution in [0.5, 0.6) is 0 Å². The third-order valence-electron chi connectivity index (χ3n) is 13.6. The maximum atomic E-state index is 5.22. The molecule has 0 fully saturated rings. The topological polar surface area (TPSA) is 48.5 Å². The fraction of sp³-hybridized carbons (Fsp3) is 0. The molecule has 5 nitrogen and oxygen atoms in total. The Balaban J connectivity index is 0.864. The summed E-state index contributed by atoms with van der Waals surface area (Å²) in [5, 5.41) is 7.45. The van der Waals surface area contributed by atoms with Crippen molar-refractivity contribution in [2.75, 3.05) is 0 Å². The molecule has 0 unspecified atom stereocenters. The molecule has 0 aliphatic rings. The van der Waals surface area contributed by atoms with Gasteiger partial charge < -0.3 is 9.13 Å². The summed E-state index contributed by atoms with van der Waals surface area (Å²) in [6, 6.07) is 84.4. The first-order valence-electron chi connectivity index (χ1n) is 23.3. The predicted octanol–water partition coefficient (Wildman–Crippen LogP) is 16.8. The molecule has 4 aromatic heterocycles. The largest absolute Gasteiger partial charge is 0.309 e. The summed E-state index contributed by atoms with van der Waals surface area (Å²) >= 11 is 1.86. The van der Waals surface area contributed by atoms with Crippen molar-refractivity contribution in [2.24, 2.45) is 0 Å². The van der Waals surface area contributed by atoms with E-state index in [0.717, 1.165) is 44.7 Å². The smallest absolute Gasteiger partial charge is 0.164 e. The minimum absolute atomic E-state index is 0.619. The zero-order chi connectivity index (χ0) is 45.4. The summed E-state index contributed by atoms with van der Waals surface area (Å²) in [7, 11) is 0. The van der Waals surface area contributed by atoms with Crippen LogP contribution in [-0.4, -0.2) is 24.1 Å². The second-order valence-electron chi connectivity index (χ2n) is 17.6. The first-order valence-corrected chi connectivity index (χ1v) is 24.1. The van der Waals surface area contributed by atoms with E-state index in [1.807, 2.05) is 29.5 Å². The molecule has 6 heteroatoms. The second-order valence-corrected chi connectivity index (χ2v) is 18.6. The lowest BCUT2D eigenvalue weighted by Gasteiger charge is -2.12. The Bertz CT molecular complexity index is 4250. The van der Waals surface area contributed by atoms with Crippen LogP contribution < -0.4 is 0 Å². The van der Waals surface area contributed by atoms with E-state index < -0.39 is 0 Å². The fourth-order valence-electron chi connectivity index (χ4n) is 10.4. The van der Waals surface area contributed by atoms with Gasteiger partial charge in [0.05, 0.1) is 22.1 Å². The van der Waals surface area contributed by atoms with Gasteiger partial charge in [-0.2, -0.15) is 0 Å². The summed E-state index contributed by atoms with van der Waals surface area (Å²) in [4.78, 5) is 15.5. The van der Waals surface area contributed by atoms with Crippen molar-refractivity contribution < 1.29 is 0 Å². The molecule has 0 saturated heterocycles.